The van der Waals surface area contributed by atoms with Gasteiger partial charge in [-0.2, -0.15) is 0 Å². The van der Waals surface area contributed by atoms with E-state index in [1.165, 1.54) is 4.90 Å². The van der Waals surface area contributed by atoms with Gasteiger partial charge in [-0.15, -0.1) is 0 Å². The SMILES string of the molecule is CCC(C)CC(=O)N1C(=O)OCC1Cc1ccccc1. The molecule has 0 radical (unpaired) electrons. The van der Waals surface area contributed by atoms with E-state index in [1.807, 2.05) is 44.2 Å². The molecule has 0 aromatic heterocycles. The van der Waals surface area contributed by atoms with Crippen LogP contribution in [-0.2, 0) is 16.0 Å². The second-order valence-electron chi connectivity index (χ2n) is 5.40. The smallest absolute Gasteiger partial charge is 0.416 e. The summed E-state index contributed by atoms with van der Waals surface area (Å²) in [6.45, 7) is 4.35. The predicted octanol–water partition coefficient (Wildman–Crippen LogP) is 3.01. The molecule has 20 heavy (non-hydrogen) atoms. The monoisotopic (exact) mass is 275 g/mol. The molecule has 108 valence electrons. The Labute approximate surface area is 119 Å². The van der Waals surface area contributed by atoms with Gasteiger partial charge in [-0.25, -0.2) is 9.69 Å². The molecule has 2 amide bonds. The average molecular weight is 275 g/mol. The number of imide groups is 1. The van der Waals surface area contributed by atoms with E-state index in [2.05, 4.69) is 0 Å². The van der Waals surface area contributed by atoms with Gasteiger partial charge in [0.1, 0.15) is 6.61 Å². The fourth-order valence-corrected chi connectivity index (χ4v) is 2.34. The number of carbonyl (C=O) groups excluding carboxylic acids is 2. The Balaban J connectivity index is 2.05. The molecule has 4 heteroatoms. The van der Waals surface area contributed by atoms with Gasteiger partial charge in [0.25, 0.3) is 0 Å². The van der Waals surface area contributed by atoms with E-state index in [4.69, 9.17) is 4.74 Å². The summed E-state index contributed by atoms with van der Waals surface area (Å²) in [5.74, 6) is 0.163. The average Bonchev–Trinajstić information content (AvgIpc) is 2.80. The van der Waals surface area contributed by atoms with Gasteiger partial charge in [0.2, 0.25) is 5.91 Å². The number of carbonyl (C=O) groups is 2. The highest BCUT2D eigenvalue weighted by Crippen LogP contribution is 2.20. The molecule has 4 nitrogen and oxygen atoms in total. The molecule has 2 atom stereocenters. The fourth-order valence-electron chi connectivity index (χ4n) is 2.34. The van der Waals surface area contributed by atoms with Crippen LogP contribution < -0.4 is 0 Å². The summed E-state index contributed by atoms with van der Waals surface area (Å²) >= 11 is 0. The number of benzene rings is 1. The topological polar surface area (TPSA) is 46.6 Å². The molecule has 2 unspecified atom stereocenters. The van der Waals surface area contributed by atoms with Gasteiger partial charge in [-0.1, -0.05) is 50.6 Å². The molecular weight excluding hydrogens is 254 g/mol. The van der Waals surface area contributed by atoms with E-state index in [9.17, 15) is 9.59 Å². The highest BCUT2D eigenvalue weighted by atomic mass is 16.6. The zero-order valence-corrected chi connectivity index (χ0v) is 12.0. The van der Waals surface area contributed by atoms with E-state index >= 15 is 0 Å². The van der Waals surface area contributed by atoms with Crippen LogP contribution in [-0.4, -0.2) is 29.5 Å². The van der Waals surface area contributed by atoms with Crippen molar-refractivity contribution in [2.75, 3.05) is 6.61 Å². The van der Waals surface area contributed by atoms with Crippen molar-refractivity contribution < 1.29 is 14.3 Å². The lowest BCUT2D eigenvalue weighted by molar-refractivity contribution is -0.130. The maximum atomic E-state index is 12.3. The normalized spacial score (nSPS) is 19.8. The van der Waals surface area contributed by atoms with Crippen molar-refractivity contribution in [1.29, 1.82) is 0 Å². The lowest BCUT2D eigenvalue weighted by Crippen LogP contribution is -2.40. The molecule has 1 aromatic carbocycles. The van der Waals surface area contributed by atoms with E-state index in [0.717, 1.165) is 12.0 Å². The number of amides is 2. The van der Waals surface area contributed by atoms with E-state index < -0.39 is 6.09 Å². The minimum atomic E-state index is -0.501. The molecule has 1 heterocycles. The molecule has 0 bridgehead atoms. The Kier molecular flexibility index (Phi) is 4.77. The molecule has 1 aliphatic rings. The summed E-state index contributed by atoms with van der Waals surface area (Å²) in [5, 5.41) is 0. The molecular formula is C16H21NO3. The second kappa shape index (κ2) is 6.55. The number of hydrogen-bond acceptors (Lipinski definition) is 3. The van der Waals surface area contributed by atoms with E-state index in [-0.39, 0.29) is 17.9 Å². The molecule has 1 aliphatic heterocycles. The summed E-state index contributed by atoms with van der Waals surface area (Å²) < 4.78 is 5.05. The summed E-state index contributed by atoms with van der Waals surface area (Å²) in [4.78, 5) is 25.3. The molecule has 1 fully saturated rings. The summed E-state index contributed by atoms with van der Waals surface area (Å²) in [5.41, 5.74) is 1.11. The Hall–Kier alpha value is -1.84. The van der Waals surface area contributed by atoms with Gasteiger partial charge < -0.3 is 4.74 Å². The van der Waals surface area contributed by atoms with Crippen molar-refractivity contribution in [2.45, 2.75) is 39.2 Å². The highest BCUT2D eigenvalue weighted by molar-refractivity contribution is 5.93. The third-order valence-electron chi connectivity index (χ3n) is 3.76. The quantitative estimate of drug-likeness (QED) is 0.830. The van der Waals surface area contributed by atoms with Gasteiger partial charge in [0.05, 0.1) is 6.04 Å². The first-order chi connectivity index (χ1) is 9.61. The third kappa shape index (κ3) is 3.38. The Morgan fingerprint density at radius 3 is 2.75 bits per heavy atom. The van der Waals surface area contributed by atoms with Gasteiger partial charge >= 0.3 is 6.09 Å². The minimum Gasteiger partial charge on any atom is -0.447 e. The zero-order chi connectivity index (χ0) is 14.5. The molecule has 0 spiro atoms. The van der Waals surface area contributed by atoms with Crippen LogP contribution in [0, 0.1) is 5.92 Å². The van der Waals surface area contributed by atoms with Crippen LogP contribution in [0.3, 0.4) is 0 Å². The Morgan fingerprint density at radius 2 is 2.10 bits per heavy atom. The van der Waals surface area contributed by atoms with Crippen LogP contribution in [0.15, 0.2) is 30.3 Å². The van der Waals surface area contributed by atoms with Crippen molar-refractivity contribution >= 4 is 12.0 Å². The number of ether oxygens (including phenoxy) is 1. The first kappa shape index (κ1) is 14.6. The second-order valence-corrected chi connectivity index (χ2v) is 5.40. The molecule has 1 aromatic rings. The summed E-state index contributed by atoms with van der Waals surface area (Å²) in [7, 11) is 0. The van der Waals surface area contributed by atoms with Crippen LogP contribution in [0.5, 0.6) is 0 Å². The van der Waals surface area contributed by atoms with Gasteiger partial charge in [-0.05, 0) is 17.9 Å². The molecule has 0 saturated carbocycles. The Morgan fingerprint density at radius 1 is 1.40 bits per heavy atom. The van der Waals surface area contributed by atoms with Crippen molar-refractivity contribution in [2.24, 2.45) is 5.92 Å². The van der Waals surface area contributed by atoms with Crippen molar-refractivity contribution in [3.8, 4) is 0 Å². The minimum absolute atomic E-state index is 0.122. The van der Waals surface area contributed by atoms with Crippen LogP contribution in [0.2, 0.25) is 0 Å². The highest BCUT2D eigenvalue weighted by Gasteiger charge is 2.37. The first-order valence-corrected chi connectivity index (χ1v) is 7.14. The van der Waals surface area contributed by atoms with Crippen LogP contribution >= 0.6 is 0 Å². The first-order valence-electron chi connectivity index (χ1n) is 7.14. The largest absolute Gasteiger partial charge is 0.447 e. The zero-order valence-electron chi connectivity index (χ0n) is 12.0. The van der Waals surface area contributed by atoms with Crippen LogP contribution in [0.4, 0.5) is 4.79 Å². The standard InChI is InChI=1S/C16H21NO3/c1-3-12(2)9-15(18)17-14(11-20-16(17)19)10-13-7-5-4-6-8-13/h4-8,12,14H,3,9-11H2,1-2H3. The van der Waals surface area contributed by atoms with Gasteiger partial charge in [0.15, 0.2) is 0 Å². The molecule has 1 saturated heterocycles. The molecule has 0 aliphatic carbocycles. The van der Waals surface area contributed by atoms with E-state index in [1.54, 1.807) is 0 Å². The molecule has 0 N–H and O–H groups in total. The maximum absolute atomic E-state index is 12.3. The van der Waals surface area contributed by atoms with Gasteiger partial charge in [0, 0.05) is 6.42 Å². The van der Waals surface area contributed by atoms with Gasteiger partial charge in [-0.3, -0.25) is 4.79 Å². The summed E-state index contributed by atoms with van der Waals surface area (Å²) in [6, 6.07) is 9.68. The van der Waals surface area contributed by atoms with Crippen molar-refractivity contribution in [3.05, 3.63) is 35.9 Å². The number of nitrogens with zero attached hydrogens (tertiary/aromatic N) is 1. The third-order valence-corrected chi connectivity index (χ3v) is 3.76. The van der Waals surface area contributed by atoms with Crippen molar-refractivity contribution in [3.63, 3.8) is 0 Å². The predicted molar refractivity (Wildman–Crippen MR) is 76.2 cm³/mol. The summed E-state index contributed by atoms with van der Waals surface area (Å²) in [6.07, 6.45) is 1.48. The fraction of sp³-hybridized carbons (Fsp3) is 0.500. The lowest BCUT2D eigenvalue weighted by Gasteiger charge is -2.21. The van der Waals surface area contributed by atoms with Crippen LogP contribution in [0.1, 0.15) is 32.3 Å². The lowest BCUT2D eigenvalue weighted by atomic mass is 10.0. The molecule has 2 rings (SSSR count). The number of cyclic esters (lactones) is 1. The Bertz CT molecular complexity index is 472. The van der Waals surface area contributed by atoms with Crippen LogP contribution in [0.25, 0.3) is 0 Å². The maximum Gasteiger partial charge on any atom is 0.416 e. The van der Waals surface area contributed by atoms with E-state index in [0.29, 0.717) is 19.4 Å². The number of hydrogen-bond donors (Lipinski definition) is 0. The number of rotatable bonds is 5. The van der Waals surface area contributed by atoms with Crippen molar-refractivity contribution in [1.82, 2.24) is 4.90 Å².